The Morgan fingerprint density at radius 3 is 2.88 bits per heavy atom. The molecule has 5 heteroatoms. The molecule has 0 amide bonds. The minimum absolute atomic E-state index is 0.397. The van der Waals surface area contributed by atoms with E-state index in [-0.39, 0.29) is 0 Å². The average molecular weight is 250 g/mol. The summed E-state index contributed by atoms with van der Waals surface area (Å²) < 4.78 is 0. The minimum atomic E-state index is 0.397. The summed E-state index contributed by atoms with van der Waals surface area (Å²) in [6.45, 7) is 2.24. The van der Waals surface area contributed by atoms with Gasteiger partial charge in [0.15, 0.2) is 0 Å². The Labute approximate surface area is 107 Å². The van der Waals surface area contributed by atoms with E-state index in [9.17, 15) is 0 Å². The number of hydrogen-bond donors (Lipinski definition) is 2. The number of aromatic nitrogens is 1. The summed E-state index contributed by atoms with van der Waals surface area (Å²) in [6, 6.07) is 4.23. The molecule has 4 nitrogen and oxygen atoms in total. The zero-order chi connectivity index (χ0) is 12.3. The van der Waals surface area contributed by atoms with E-state index in [1.807, 2.05) is 12.1 Å². The van der Waals surface area contributed by atoms with Crippen LogP contribution in [0.25, 0.3) is 0 Å². The summed E-state index contributed by atoms with van der Waals surface area (Å²) in [5, 5.41) is 3.45. The van der Waals surface area contributed by atoms with Crippen LogP contribution >= 0.6 is 12.2 Å². The molecule has 1 aliphatic rings. The molecule has 0 bridgehead atoms. The second kappa shape index (κ2) is 5.42. The van der Waals surface area contributed by atoms with Crippen molar-refractivity contribution in [3.63, 3.8) is 0 Å². The van der Waals surface area contributed by atoms with Crippen LogP contribution < -0.4 is 11.1 Å². The normalized spacial score (nSPS) is 17.9. The number of rotatable bonds is 3. The van der Waals surface area contributed by atoms with E-state index in [4.69, 9.17) is 18.0 Å². The molecule has 1 saturated heterocycles. The summed E-state index contributed by atoms with van der Waals surface area (Å²) in [5.74, 6) is 0.814. The molecular formula is C12H18N4S. The van der Waals surface area contributed by atoms with E-state index in [0.29, 0.717) is 11.0 Å². The second-order valence-corrected chi connectivity index (χ2v) is 4.93. The average Bonchev–Trinajstić information content (AvgIpc) is 2.32. The molecule has 2 heterocycles. The summed E-state index contributed by atoms with van der Waals surface area (Å²) in [4.78, 5) is 7.06. The van der Waals surface area contributed by atoms with Crippen LogP contribution in [0.4, 0.5) is 5.82 Å². The summed E-state index contributed by atoms with van der Waals surface area (Å²) in [5.41, 5.74) is 6.52. The van der Waals surface area contributed by atoms with E-state index in [1.54, 1.807) is 6.20 Å². The van der Waals surface area contributed by atoms with Gasteiger partial charge in [-0.3, -0.25) is 0 Å². The summed E-state index contributed by atoms with van der Waals surface area (Å²) >= 11 is 5.03. The van der Waals surface area contributed by atoms with Gasteiger partial charge in [-0.15, -0.1) is 0 Å². The van der Waals surface area contributed by atoms with Crippen molar-refractivity contribution in [3.8, 4) is 0 Å². The molecule has 3 N–H and O–H groups in total. The van der Waals surface area contributed by atoms with Gasteiger partial charge in [0.2, 0.25) is 0 Å². The fourth-order valence-electron chi connectivity index (χ4n) is 2.07. The number of anilines is 1. The number of pyridine rings is 1. The smallest absolute Gasteiger partial charge is 0.136 e. The summed E-state index contributed by atoms with van der Waals surface area (Å²) in [6.07, 6.45) is 4.02. The molecule has 1 fully saturated rings. The molecule has 92 valence electrons. The highest BCUT2D eigenvalue weighted by molar-refractivity contribution is 7.80. The Hall–Kier alpha value is -1.20. The van der Waals surface area contributed by atoms with Gasteiger partial charge in [0.25, 0.3) is 0 Å². The maximum absolute atomic E-state index is 5.68. The molecule has 1 aromatic rings. The Bertz CT molecular complexity index is 399. The first kappa shape index (κ1) is 12.3. The van der Waals surface area contributed by atoms with Gasteiger partial charge in [-0.1, -0.05) is 12.2 Å². The summed E-state index contributed by atoms with van der Waals surface area (Å²) in [7, 11) is 2.15. The Morgan fingerprint density at radius 2 is 2.24 bits per heavy atom. The molecule has 2 rings (SSSR count). The molecule has 17 heavy (non-hydrogen) atoms. The molecule has 1 aromatic heterocycles. The fraction of sp³-hybridized carbons (Fsp3) is 0.500. The largest absolute Gasteiger partial charge is 0.389 e. The molecule has 1 aliphatic heterocycles. The lowest BCUT2D eigenvalue weighted by Gasteiger charge is -2.30. The van der Waals surface area contributed by atoms with Crippen molar-refractivity contribution in [1.82, 2.24) is 9.88 Å². The first-order valence-corrected chi connectivity index (χ1v) is 6.27. The van der Waals surface area contributed by atoms with Gasteiger partial charge >= 0.3 is 0 Å². The van der Waals surface area contributed by atoms with Crippen molar-refractivity contribution in [3.05, 3.63) is 23.9 Å². The highest BCUT2D eigenvalue weighted by atomic mass is 32.1. The number of thiocarbonyl (C=S) groups is 1. The lowest BCUT2D eigenvalue weighted by atomic mass is 10.1. The van der Waals surface area contributed by atoms with E-state index in [2.05, 4.69) is 22.2 Å². The van der Waals surface area contributed by atoms with E-state index in [0.717, 1.165) is 37.3 Å². The van der Waals surface area contributed by atoms with Gasteiger partial charge in [0, 0.05) is 12.2 Å². The van der Waals surface area contributed by atoms with Gasteiger partial charge in [-0.25, -0.2) is 4.98 Å². The van der Waals surface area contributed by atoms with Gasteiger partial charge in [0.05, 0.1) is 5.56 Å². The Balaban J connectivity index is 2.05. The van der Waals surface area contributed by atoms with Crippen LogP contribution in [0.1, 0.15) is 18.4 Å². The van der Waals surface area contributed by atoms with Crippen molar-refractivity contribution in [1.29, 1.82) is 0 Å². The van der Waals surface area contributed by atoms with Crippen LogP contribution in [0, 0.1) is 0 Å². The first-order chi connectivity index (χ1) is 8.16. The number of nitrogens with zero attached hydrogens (tertiary/aromatic N) is 2. The topological polar surface area (TPSA) is 54.2 Å². The zero-order valence-corrected chi connectivity index (χ0v) is 10.8. The van der Waals surface area contributed by atoms with E-state index in [1.165, 1.54) is 0 Å². The molecule has 0 atom stereocenters. The fourth-order valence-corrected chi connectivity index (χ4v) is 2.23. The molecule has 0 unspecified atom stereocenters. The van der Waals surface area contributed by atoms with Gasteiger partial charge in [-0.2, -0.15) is 0 Å². The molecule has 0 saturated carbocycles. The van der Waals surface area contributed by atoms with Crippen molar-refractivity contribution in [2.45, 2.75) is 18.9 Å². The van der Waals surface area contributed by atoms with Crippen LogP contribution in [0.5, 0.6) is 0 Å². The Morgan fingerprint density at radius 1 is 1.53 bits per heavy atom. The highest BCUT2D eigenvalue weighted by Gasteiger charge is 2.18. The lowest BCUT2D eigenvalue weighted by molar-refractivity contribution is 0.263. The third-order valence-corrected chi connectivity index (χ3v) is 3.35. The van der Waals surface area contributed by atoms with Crippen molar-refractivity contribution < 1.29 is 0 Å². The lowest BCUT2D eigenvalue weighted by Crippen LogP contribution is -2.37. The quantitative estimate of drug-likeness (QED) is 0.790. The van der Waals surface area contributed by atoms with Crippen LogP contribution in [-0.4, -0.2) is 41.1 Å². The van der Waals surface area contributed by atoms with Gasteiger partial charge in [0.1, 0.15) is 10.8 Å². The molecular weight excluding hydrogens is 232 g/mol. The number of hydrogen-bond acceptors (Lipinski definition) is 4. The highest BCUT2D eigenvalue weighted by Crippen LogP contribution is 2.17. The van der Waals surface area contributed by atoms with Gasteiger partial charge in [-0.05, 0) is 45.1 Å². The number of piperidine rings is 1. The minimum Gasteiger partial charge on any atom is -0.389 e. The predicted octanol–water partition coefficient (Wildman–Crippen LogP) is 1.22. The van der Waals surface area contributed by atoms with Crippen LogP contribution in [0.15, 0.2) is 18.3 Å². The van der Waals surface area contributed by atoms with Crippen LogP contribution in [-0.2, 0) is 0 Å². The first-order valence-electron chi connectivity index (χ1n) is 5.86. The maximum atomic E-state index is 5.68. The predicted molar refractivity (Wildman–Crippen MR) is 74.3 cm³/mol. The Kier molecular flexibility index (Phi) is 3.91. The maximum Gasteiger partial charge on any atom is 0.136 e. The third kappa shape index (κ3) is 3.14. The molecule has 0 radical (unpaired) electrons. The van der Waals surface area contributed by atoms with Crippen molar-refractivity contribution >= 4 is 23.0 Å². The van der Waals surface area contributed by atoms with Crippen molar-refractivity contribution in [2.75, 3.05) is 25.5 Å². The van der Waals surface area contributed by atoms with Crippen molar-refractivity contribution in [2.24, 2.45) is 5.73 Å². The number of nitrogens with one attached hydrogen (secondary N) is 1. The van der Waals surface area contributed by atoms with Crippen LogP contribution in [0.3, 0.4) is 0 Å². The zero-order valence-electron chi connectivity index (χ0n) is 10.0. The monoisotopic (exact) mass is 250 g/mol. The molecule has 0 aliphatic carbocycles. The number of likely N-dealkylation sites (tertiary alicyclic amines) is 1. The standard InChI is InChI=1S/C12H18N4S/c1-16-7-4-9(5-8-16)15-12-10(11(13)17)3-2-6-14-12/h2-3,6,9H,4-5,7-8H2,1H3,(H2,13,17)(H,14,15). The SMILES string of the molecule is CN1CCC(Nc2ncccc2C(N)=S)CC1. The molecule has 0 spiro atoms. The third-order valence-electron chi connectivity index (χ3n) is 3.13. The van der Waals surface area contributed by atoms with Gasteiger partial charge < -0.3 is 16.0 Å². The van der Waals surface area contributed by atoms with Crippen LogP contribution in [0.2, 0.25) is 0 Å². The van der Waals surface area contributed by atoms with E-state index >= 15 is 0 Å². The van der Waals surface area contributed by atoms with E-state index < -0.39 is 0 Å². The second-order valence-electron chi connectivity index (χ2n) is 4.49. The molecule has 0 aromatic carbocycles. The number of nitrogens with two attached hydrogens (primary N) is 1.